The second-order valence-electron chi connectivity index (χ2n) is 5.48. The normalized spacial score (nSPS) is 11.2. The van der Waals surface area contributed by atoms with Crippen molar-refractivity contribution in [1.82, 2.24) is 29.4 Å². The van der Waals surface area contributed by atoms with Gasteiger partial charge < -0.3 is 5.32 Å². The molecule has 7 nitrogen and oxygen atoms in total. The van der Waals surface area contributed by atoms with E-state index in [1.807, 2.05) is 36.3 Å². The molecule has 24 heavy (non-hydrogen) atoms. The van der Waals surface area contributed by atoms with Gasteiger partial charge in [0.25, 0.3) is 0 Å². The number of hydrogen-bond donors (Lipinski definition) is 1. The topological polar surface area (TPSA) is 72.9 Å². The maximum absolute atomic E-state index is 4.62. The Hall–Kier alpha value is -2.74. The Morgan fingerprint density at radius 1 is 1.25 bits per heavy atom. The summed E-state index contributed by atoms with van der Waals surface area (Å²) >= 11 is 1.53. The average molecular weight is 339 g/mol. The average Bonchev–Trinajstić information content (AvgIpc) is 3.26. The van der Waals surface area contributed by atoms with Gasteiger partial charge in [-0.25, -0.2) is 9.50 Å². The van der Waals surface area contributed by atoms with Crippen LogP contribution in [0.2, 0.25) is 0 Å². The van der Waals surface area contributed by atoms with Crippen LogP contribution >= 0.6 is 11.3 Å². The maximum atomic E-state index is 4.62. The van der Waals surface area contributed by atoms with Crippen LogP contribution in [0.5, 0.6) is 0 Å². The summed E-state index contributed by atoms with van der Waals surface area (Å²) in [4.78, 5) is 9.61. The highest BCUT2D eigenvalue weighted by Crippen LogP contribution is 2.24. The number of aryl methyl sites for hydroxylation is 2. The minimum Gasteiger partial charge on any atom is -0.356 e. The smallest absolute Gasteiger partial charge is 0.214 e. The van der Waals surface area contributed by atoms with Crippen LogP contribution in [0.3, 0.4) is 0 Å². The van der Waals surface area contributed by atoms with Gasteiger partial charge in [0.1, 0.15) is 0 Å². The summed E-state index contributed by atoms with van der Waals surface area (Å²) in [5, 5.41) is 13.2. The van der Waals surface area contributed by atoms with E-state index in [1.54, 1.807) is 16.9 Å². The first kappa shape index (κ1) is 14.8. The minimum absolute atomic E-state index is 0.711. The Morgan fingerprint density at radius 3 is 2.92 bits per heavy atom. The van der Waals surface area contributed by atoms with E-state index in [4.69, 9.17) is 0 Å². The van der Waals surface area contributed by atoms with Crippen molar-refractivity contribution in [3.63, 3.8) is 0 Å². The second-order valence-corrected chi connectivity index (χ2v) is 6.44. The lowest BCUT2D eigenvalue weighted by molar-refractivity contribution is 0.746. The third-order valence-electron chi connectivity index (χ3n) is 3.76. The van der Waals surface area contributed by atoms with Gasteiger partial charge in [-0.1, -0.05) is 18.3 Å². The van der Waals surface area contributed by atoms with E-state index in [0.29, 0.717) is 6.54 Å². The van der Waals surface area contributed by atoms with Gasteiger partial charge in [0, 0.05) is 43.3 Å². The maximum Gasteiger partial charge on any atom is 0.214 e. The highest BCUT2D eigenvalue weighted by atomic mass is 32.1. The molecular formula is C16H17N7S. The molecule has 0 radical (unpaired) electrons. The number of rotatable bonds is 5. The Balaban J connectivity index is 1.52. The van der Waals surface area contributed by atoms with Gasteiger partial charge in [-0.05, 0) is 18.6 Å². The third kappa shape index (κ3) is 2.76. The molecule has 0 aromatic carbocycles. The SMILES string of the molecule is CCc1nn(C)cc1CNc1nn2cc(-c3cccnc3)nc2s1. The van der Waals surface area contributed by atoms with Gasteiger partial charge in [-0.2, -0.15) is 5.10 Å². The predicted octanol–water partition coefficient (Wildman–Crippen LogP) is 2.76. The molecule has 8 heteroatoms. The molecule has 0 fully saturated rings. The first-order valence-corrected chi connectivity index (χ1v) is 8.56. The molecule has 0 atom stereocenters. The van der Waals surface area contributed by atoms with Crippen molar-refractivity contribution < 1.29 is 0 Å². The lowest BCUT2D eigenvalue weighted by Crippen LogP contribution is -2.01. The Labute approximate surface area is 143 Å². The van der Waals surface area contributed by atoms with E-state index < -0.39 is 0 Å². The summed E-state index contributed by atoms with van der Waals surface area (Å²) in [7, 11) is 1.94. The van der Waals surface area contributed by atoms with Gasteiger partial charge in [0.15, 0.2) is 0 Å². The van der Waals surface area contributed by atoms with Crippen LogP contribution < -0.4 is 5.32 Å². The standard InChI is InChI=1S/C16H17N7S/c1-3-13-12(9-22(2)20-13)8-18-15-21-23-10-14(19-16(23)24-15)11-5-4-6-17-7-11/h4-7,9-10H,3,8H2,1-2H3,(H,18,21). The van der Waals surface area contributed by atoms with Crippen molar-refractivity contribution in [2.75, 3.05) is 5.32 Å². The molecule has 0 unspecified atom stereocenters. The lowest BCUT2D eigenvalue weighted by Gasteiger charge is -2.01. The first-order chi connectivity index (χ1) is 11.7. The first-order valence-electron chi connectivity index (χ1n) is 7.75. The number of hydrogen-bond acceptors (Lipinski definition) is 6. The zero-order valence-electron chi connectivity index (χ0n) is 13.5. The summed E-state index contributed by atoms with van der Waals surface area (Å²) in [6.45, 7) is 2.83. The second kappa shape index (κ2) is 6.04. The number of pyridine rings is 1. The molecule has 122 valence electrons. The number of anilines is 1. The molecule has 4 heterocycles. The fourth-order valence-corrected chi connectivity index (χ4v) is 3.40. The van der Waals surface area contributed by atoms with E-state index in [-0.39, 0.29) is 0 Å². The minimum atomic E-state index is 0.711. The van der Waals surface area contributed by atoms with E-state index in [9.17, 15) is 0 Å². The summed E-state index contributed by atoms with van der Waals surface area (Å²) in [5.74, 6) is 0. The fourth-order valence-electron chi connectivity index (χ4n) is 2.62. The molecule has 0 amide bonds. The van der Waals surface area contributed by atoms with Gasteiger partial charge in [0.05, 0.1) is 17.6 Å². The molecule has 0 spiro atoms. The molecule has 0 bridgehead atoms. The summed E-state index contributed by atoms with van der Waals surface area (Å²) in [5.41, 5.74) is 4.19. The van der Waals surface area contributed by atoms with Crippen LogP contribution in [-0.4, -0.2) is 29.4 Å². The van der Waals surface area contributed by atoms with Crippen molar-refractivity contribution in [3.05, 3.63) is 48.2 Å². The van der Waals surface area contributed by atoms with E-state index >= 15 is 0 Å². The number of nitrogens with one attached hydrogen (secondary N) is 1. The monoisotopic (exact) mass is 339 g/mol. The van der Waals surface area contributed by atoms with E-state index in [1.165, 1.54) is 16.9 Å². The summed E-state index contributed by atoms with van der Waals surface area (Å²) < 4.78 is 3.66. The van der Waals surface area contributed by atoms with Crippen molar-refractivity contribution in [1.29, 1.82) is 0 Å². The highest BCUT2D eigenvalue weighted by molar-refractivity contribution is 7.20. The number of aromatic nitrogens is 6. The van der Waals surface area contributed by atoms with Crippen molar-refractivity contribution >= 4 is 21.4 Å². The molecule has 4 aromatic rings. The molecule has 0 saturated heterocycles. The van der Waals surface area contributed by atoms with Gasteiger partial charge >= 0.3 is 0 Å². The predicted molar refractivity (Wildman–Crippen MR) is 94.0 cm³/mol. The third-order valence-corrected chi connectivity index (χ3v) is 4.64. The molecule has 0 aliphatic heterocycles. The zero-order valence-corrected chi connectivity index (χ0v) is 14.3. The number of fused-ring (bicyclic) bond motifs is 1. The molecule has 0 aliphatic rings. The quantitative estimate of drug-likeness (QED) is 0.605. The molecule has 0 saturated carbocycles. The van der Waals surface area contributed by atoms with Gasteiger partial charge in [-0.3, -0.25) is 9.67 Å². The molecule has 1 N–H and O–H groups in total. The van der Waals surface area contributed by atoms with Crippen LogP contribution in [0.4, 0.5) is 5.13 Å². The van der Waals surface area contributed by atoms with Crippen LogP contribution in [0, 0.1) is 0 Å². The summed E-state index contributed by atoms with van der Waals surface area (Å²) in [6.07, 6.45) is 8.46. The van der Waals surface area contributed by atoms with Crippen LogP contribution in [-0.2, 0) is 20.0 Å². The molecule has 4 aromatic heterocycles. The molecule has 0 aliphatic carbocycles. The van der Waals surface area contributed by atoms with Crippen LogP contribution in [0.1, 0.15) is 18.2 Å². The summed E-state index contributed by atoms with van der Waals surface area (Å²) in [6, 6.07) is 3.90. The van der Waals surface area contributed by atoms with E-state index in [2.05, 4.69) is 32.4 Å². The van der Waals surface area contributed by atoms with Crippen molar-refractivity contribution in [2.24, 2.45) is 7.05 Å². The van der Waals surface area contributed by atoms with Crippen molar-refractivity contribution in [2.45, 2.75) is 19.9 Å². The Morgan fingerprint density at radius 2 is 2.17 bits per heavy atom. The number of imidazole rings is 1. The number of nitrogens with zero attached hydrogens (tertiary/aromatic N) is 6. The van der Waals surface area contributed by atoms with Crippen molar-refractivity contribution in [3.8, 4) is 11.3 Å². The molecule has 4 rings (SSSR count). The fraction of sp³-hybridized carbons (Fsp3) is 0.250. The Kier molecular flexibility index (Phi) is 3.73. The van der Waals surface area contributed by atoms with Gasteiger partial charge in [-0.15, -0.1) is 5.10 Å². The largest absolute Gasteiger partial charge is 0.356 e. The van der Waals surface area contributed by atoms with Crippen LogP contribution in [0.25, 0.3) is 16.2 Å². The van der Waals surface area contributed by atoms with Crippen LogP contribution in [0.15, 0.2) is 36.9 Å². The molecular weight excluding hydrogens is 322 g/mol. The Bertz CT molecular complexity index is 936. The lowest BCUT2D eigenvalue weighted by atomic mass is 10.2. The zero-order chi connectivity index (χ0) is 16.5. The van der Waals surface area contributed by atoms with Gasteiger partial charge in [0.2, 0.25) is 10.1 Å². The highest BCUT2D eigenvalue weighted by Gasteiger charge is 2.11. The van der Waals surface area contributed by atoms with E-state index in [0.717, 1.165) is 33.5 Å².